The van der Waals surface area contributed by atoms with Crippen LogP contribution in [0.1, 0.15) is 74.0 Å². The Morgan fingerprint density at radius 3 is 2.35 bits per heavy atom. The number of nitrogens with one attached hydrogen (secondary N) is 1. The smallest absolute Gasteiger partial charge is 0.389 e. The van der Waals surface area contributed by atoms with Crippen molar-refractivity contribution in [3.8, 4) is 5.75 Å². The minimum Gasteiger partial charge on any atom is -0.598 e. The predicted octanol–water partition coefficient (Wildman–Crippen LogP) is 6.71. The van der Waals surface area contributed by atoms with Crippen LogP contribution in [0.15, 0.2) is 30.3 Å². The number of hydrogen-bond acceptors (Lipinski definition) is 5. The minimum atomic E-state index is -4.28. The van der Waals surface area contributed by atoms with Crippen LogP contribution in [-0.2, 0) is 23.3 Å². The van der Waals surface area contributed by atoms with E-state index in [1.807, 2.05) is 13.0 Å². The van der Waals surface area contributed by atoms with Gasteiger partial charge in [-0.15, -0.1) is 16.1 Å². The van der Waals surface area contributed by atoms with Crippen molar-refractivity contribution in [2.75, 3.05) is 6.61 Å². The highest BCUT2D eigenvalue weighted by Crippen LogP contribution is 2.34. The standard InChI is InChI=1S/C24H31F4NO3S2/c1-6-17-9-11-21(33-17)20(30)15-23(5,29-34(31)22(2,3)4)18-10-8-16(14-19(18)25)32-13-7-12-24(26,27)28/h8-11,14,29H,6-7,12-13,15H2,1-5H3/t23-,34?/m0/s1. The summed E-state index contributed by atoms with van der Waals surface area (Å²) in [6.45, 7) is 8.68. The first-order chi connectivity index (χ1) is 15.6. The van der Waals surface area contributed by atoms with Crippen LogP contribution < -0.4 is 9.46 Å². The number of ketones is 1. The average Bonchev–Trinajstić information content (AvgIpc) is 3.19. The molecule has 4 nitrogen and oxygen atoms in total. The number of halogens is 4. The molecule has 0 spiro atoms. The molecule has 1 aromatic heterocycles. The Labute approximate surface area is 205 Å². The highest BCUT2D eigenvalue weighted by Gasteiger charge is 2.40. The lowest BCUT2D eigenvalue weighted by atomic mass is 9.87. The summed E-state index contributed by atoms with van der Waals surface area (Å²) in [6, 6.07) is 7.55. The fourth-order valence-corrected chi connectivity index (χ4v) is 4.95. The number of ether oxygens (including phenoxy) is 1. The number of carbonyl (C=O) groups is 1. The number of rotatable bonds is 11. The first kappa shape index (κ1) is 28.6. The Hall–Kier alpha value is -1.62. The van der Waals surface area contributed by atoms with E-state index in [0.717, 1.165) is 17.4 Å². The van der Waals surface area contributed by atoms with Crippen LogP contribution in [0.5, 0.6) is 5.75 Å². The molecule has 34 heavy (non-hydrogen) atoms. The van der Waals surface area contributed by atoms with Crippen LogP contribution in [0, 0.1) is 5.82 Å². The van der Waals surface area contributed by atoms with E-state index >= 15 is 4.39 Å². The number of benzene rings is 1. The SMILES string of the molecule is CCc1ccc(C(=O)C[C@](C)(N[S+]([O-])C(C)(C)C)c2ccc(OCCCC(F)(F)F)cc2F)s1. The summed E-state index contributed by atoms with van der Waals surface area (Å²) in [5.41, 5.74) is -1.18. The van der Waals surface area contributed by atoms with Gasteiger partial charge in [0.05, 0.1) is 17.0 Å². The van der Waals surface area contributed by atoms with Crippen LogP contribution >= 0.6 is 11.3 Å². The number of carbonyl (C=O) groups excluding carboxylic acids is 1. The van der Waals surface area contributed by atoms with Crippen LogP contribution in [0.25, 0.3) is 0 Å². The molecule has 1 unspecified atom stereocenters. The molecule has 0 aliphatic heterocycles. The molecule has 10 heteroatoms. The second kappa shape index (κ2) is 11.4. The van der Waals surface area contributed by atoms with E-state index in [-0.39, 0.29) is 36.5 Å². The molecule has 0 aliphatic rings. The summed E-state index contributed by atoms with van der Waals surface area (Å²) in [4.78, 5) is 14.6. The second-order valence-electron chi connectivity index (χ2n) is 9.24. The zero-order chi connectivity index (χ0) is 25.7. The summed E-state index contributed by atoms with van der Waals surface area (Å²) in [5.74, 6) is -0.833. The van der Waals surface area contributed by atoms with Crippen molar-refractivity contribution < 1.29 is 31.6 Å². The molecule has 2 rings (SSSR count). The maximum Gasteiger partial charge on any atom is 0.389 e. The Morgan fingerprint density at radius 2 is 1.82 bits per heavy atom. The van der Waals surface area contributed by atoms with Crippen LogP contribution in [0.4, 0.5) is 17.6 Å². The molecule has 1 N–H and O–H groups in total. The Morgan fingerprint density at radius 1 is 1.15 bits per heavy atom. The molecule has 0 amide bonds. The largest absolute Gasteiger partial charge is 0.598 e. The third kappa shape index (κ3) is 8.25. The van der Waals surface area contributed by atoms with Gasteiger partial charge in [0.1, 0.15) is 16.3 Å². The molecule has 2 atom stereocenters. The molecule has 0 radical (unpaired) electrons. The topological polar surface area (TPSA) is 61.4 Å². The van der Waals surface area contributed by atoms with Crippen molar-refractivity contribution in [1.29, 1.82) is 0 Å². The molecule has 1 aromatic carbocycles. The zero-order valence-corrected chi connectivity index (χ0v) is 21.6. The van der Waals surface area contributed by atoms with Gasteiger partial charge in [0.25, 0.3) is 0 Å². The number of aryl methyl sites for hydroxylation is 1. The van der Waals surface area contributed by atoms with E-state index in [0.29, 0.717) is 4.88 Å². The van der Waals surface area contributed by atoms with Crippen LogP contribution in [0.3, 0.4) is 0 Å². The quantitative estimate of drug-likeness (QED) is 0.155. The molecular formula is C24H31F4NO3S2. The van der Waals surface area contributed by atoms with Crippen molar-refractivity contribution in [3.63, 3.8) is 0 Å². The lowest BCUT2D eigenvalue weighted by molar-refractivity contribution is -0.136. The summed E-state index contributed by atoms with van der Waals surface area (Å²) < 4.78 is 72.5. The van der Waals surface area contributed by atoms with E-state index < -0.39 is 40.1 Å². The van der Waals surface area contributed by atoms with E-state index in [9.17, 15) is 22.5 Å². The molecule has 2 aromatic rings. The number of thiophene rings is 1. The van der Waals surface area contributed by atoms with Gasteiger partial charge in [-0.3, -0.25) is 4.79 Å². The lowest BCUT2D eigenvalue weighted by Crippen LogP contribution is -2.51. The van der Waals surface area contributed by atoms with Crippen molar-refractivity contribution in [2.24, 2.45) is 0 Å². The van der Waals surface area contributed by atoms with Gasteiger partial charge < -0.3 is 9.29 Å². The molecule has 0 saturated heterocycles. The second-order valence-corrected chi connectivity index (χ2v) is 12.4. The van der Waals surface area contributed by atoms with Gasteiger partial charge in [-0.25, -0.2) is 4.39 Å². The van der Waals surface area contributed by atoms with Gasteiger partial charge in [0, 0.05) is 40.7 Å². The first-order valence-corrected chi connectivity index (χ1v) is 12.9. The molecule has 190 valence electrons. The number of Topliss-reactive ketones (excluding diaryl/α,β-unsaturated/α-hetero) is 1. The zero-order valence-electron chi connectivity index (χ0n) is 20.0. The van der Waals surface area contributed by atoms with Crippen LogP contribution in [0.2, 0.25) is 0 Å². The predicted molar refractivity (Wildman–Crippen MR) is 128 cm³/mol. The number of hydrogen-bond donors (Lipinski definition) is 1. The third-order valence-corrected chi connectivity index (χ3v) is 8.10. The van der Waals surface area contributed by atoms with Gasteiger partial charge in [-0.05, 0) is 58.7 Å². The van der Waals surface area contributed by atoms with Crippen molar-refractivity contribution in [1.82, 2.24) is 4.72 Å². The molecular weight excluding hydrogens is 490 g/mol. The van der Waals surface area contributed by atoms with Crippen molar-refractivity contribution in [3.05, 3.63) is 51.5 Å². The summed E-state index contributed by atoms with van der Waals surface area (Å²) >= 11 is -0.234. The average molecular weight is 522 g/mol. The highest BCUT2D eigenvalue weighted by atomic mass is 32.2. The minimum absolute atomic E-state index is 0.0832. The Bertz CT molecular complexity index is 972. The summed E-state index contributed by atoms with van der Waals surface area (Å²) in [7, 11) is 0. The van der Waals surface area contributed by atoms with Gasteiger partial charge in [-0.1, -0.05) is 13.0 Å². The van der Waals surface area contributed by atoms with Gasteiger partial charge in [0.15, 0.2) is 5.78 Å². The fourth-order valence-electron chi connectivity index (χ4n) is 3.17. The Balaban J connectivity index is 2.27. The molecule has 1 heterocycles. The van der Waals surface area contributed by atoms with Crippen molar-refractivity contribution in [2.45, 2.75) is 76.8 Å². The fraction of sp³-hybridized carbons (Fsp3) is 0.542. The molecule has 0 saturated carbocycles. The molecule has 0 aliphatic carbocycles. The van der Waals surface area contributed by atoms with E-state index in [4.69, 9.17) is 4.74 Å². The first-order valence-electron chi connectivity index (χ1n) is 11.0. The van der Waals surface area contributed by atoms with E-state index in [2.05, 4.69) is 4.72 Å². The van der Waals surface area contributed by atoms with Gasteiger partial charge >= 0.3 is 6.18 Å². The lowest BCUT2D eigenvalue weighted by Gasteiger charge is -2.35. The normalized spacial score (nSPS) is 15.1. The monoisotopic (exact) mass is 521 g/mol. The van der Waals surface area contributed by atoms with Crippen molar-refractivity contribution >= 4 is 28.5 Å². The summed E-state index contributed by atoms with van der Waals surface area (Å²) in [6.07, 6.45) is -4.85. The van der Waals surface area contributed by atoms with Gasteiger partial charge in [-0.2, -0.15) is 13.2 Å². The van der Waals surface area contributed by atoms with Gasteiger partial charge in [0.2, 0.25) is 0 Å². The van der Waals surface area contributed by atoms with Crippen LogP contribution in [-0.4, -0.2) is 27.9 Å². The maximum absolute atomic E-state index is 15.2. The third-order valence-electron chi connectivity index (χ3n) is 5.08. The maximum atomic E-state index is 15.2. The van der Waals surface area contributed by atoms with E-state index in [1.54, 1.807) is 33.8 Å². The summed E-state index contributed by atoms with van der Waals surface area (Å²) in [5, 5.41) is 0. The highest BCUT2D eigenvalue weighted by molar-refractivity contribution is 7.90. The Kier molecular flexibility index (Phi) is 9.60. The van der Waals surface area contributed by atoms with E-state index in [1.165, 1.54) is 23.5 Å². The number of alkyl halides is 3. The molecule has 0 bridgehead atoms. The molecule has 0 fully saturated rings.